The topological polar surface area (TPSA) is 35.5 Å². The highest BCUT2D eigenvalue weighted by molar-refractivity contribution is 5.93. The number of esters is 1. The van der Waals surface area contributed by atoms with E-state index in [0.717, 1.165) is 18.4 Å². The van der Waals surface area contributed by atoms with Gasteiger partial charge in [-0.3, -0.25) is 0 Å². The summed E-state index contributed by atoms with van der Waals surface area (Å²) in [5.41, 5.74) is 1.86. The highest BCUT2D eigenvalue weighted by atomic mass is 16.7. The number of ether oxygens (including phenoxy) is 2. The molecule has 3 heteroatoms. The van der Waals surface area contributed by atoms with Crippen molar-refractivity contribution >= 4 is 5.97 Å². The average molecular weight is 224 g/mol. The summed E-state index contributed by atoms with van der Waals surface area (Å²) in [5, 5.41) is 0. The molecule has 2 fully saturated rings. The number of rotatable bonds is 1. The van der Waals surface area contributed by atoms with Gasteiger partial charge in [0, 0.05) is 12.7 Å². The molecule has 1 saturated carbocycles. The predicted molar refractivity (Wildman–Crippen MR) is 60.8 cm³/mol. The summed E-state index contributed by atoms with van der Waals surface area (Å²) in [7, 11) is 1.59. The number of methoxy groups -OCH3 is 1. The Labute approximate surface area is 96.8 Å². The molecule has 1 unspecified atom stereocenters. The Hall–Kier alpha value is -0.830. The fourth-order valence-corrected chi connectivity index (χ4v) is 2.86. The second-order valence-electron chi connectivity index (χ2n) is 5.23. The van der Waals surface area contributed by atoms with Crippen molar-refractivity contribution in [3.63, 3.8) is 0 Å². The summed E-state index contributed by atoms with van der Waals surface area (Å²) in [6, 6.07) is 0. The van der Waals surface area contributed by atoms with Crippen LogP contribution in [-0.4, -0.2) is 19.4 Å². The molecular weight excluding hydrogens is 204 g/mol. The maximum absolute atomic E-state index is 11.9. The molecule has 1 aliphatic heterocycles. The lowest BCUT2D eigenvalue weighted by Gasteiger charge is -2.26. The van der Waals surface area contributed by atoms with E-state index in [1.165, 1.54) is 24.8 Å². The van der Waals surface area contributed by atoms with E-state index in [2.05, 4.69) is 0 Å². The normalized spacial score (nSPS) is 29.4. The van der Waals surface area contributed by atoms with Crippen molar-refractivity contribution in [2.75, 3.05) is 7.11 Å². The summed E-state index contributed by atoms with van der Waals surface area (Å²) in [6.45, 7) is 4.06. The Bertz CT molecular complexity index is 320. The van der Waals surface area contributed by atoms with E-state index < -0.39 is 6.29 Å². The summed E-state index contributed by atoms with van der Waals surface area (Å²) >= 11 is 0. The van der Waals surface area contributed by atoms with Crippen LogP contribution in [-0.2, 0) is 14.3 Å². The third kappa shape index (κ3) is 1.77. The summed E-state index contributed by atoms with van der Waals surface area (Å²) in [5.74, 6) is -0.172. The fraction of sp³-hybridized carbons (Fsp3) is 0.769. The van der Waals surface area contributed by atoms with Crippen LogP contribution in [0.15, 0.2) is 11.1 Å². The Morgan fingerprint density at radius 2 is 1.88 bits per heavy atom. The van der Waals surface area contributed by atoms with Gasteiger partial charge in [0.15, 0.2) is 0 Å². The molecule has 1 saturated heterocycles. The molecule has 16 heavy (non-hydrogen) atoms. The smallest absolute Gasteiger partial charge is 0.337 e. The van der Waals surface area contributed by atoms with Crippen LogP contribution >= 0.6 is 0 Å². The first-order valence-electron chi connectivity index (χ1n) is 6.03. The van der Waals surface area contributed by atoms with Crippen LogP contribution < -0.4 is 0 Å². The highest BCUT2D eigenvalue weighted by Crippen LogP contribution is 2.44. The van der Waals surface area contributed by atoms with Crippen LogP contribution in [0.4, 0.5) is 0 Å². The lowest BCUT2D eigenvalue weighted by molar-refractivity contribution is -0.166. The van der Waals surface area contributed by atoms with Crippen molar-refractivity contribution in [2.45, 2.75) is 52.2 Å². The number of carbonyl (C=O) groups is 1. The van der Waals surface area contributed by atoms with Gasteiger partial charge < -0.3 is 9.47 Å². The lowest BCUT2D eigenvalue weighted by Crippen LogP contribution is -2.28. The lowest BCUT2D eigenvalue weighted by atomic mass is 9.78. The highest BCUT2D eigenvalue weighted by Gasteiger charge is 2.48. The molecule has 1 aliphatic carbocycles. The van der Waals surface area contributed by atoms with Crippen LogP contribution in [0, 0.1) is 5.41 Å². The van der Waals surface area contributed by atoms with Gasteiger partial charge in [-0.1, -0.05) is 12.0 Å². The summed E-state index contributed by atoms with van der Waals surface area (Å²) in [4.78, 5) is 11.9. The van der Waals surface area contributed by atoms with Gasteiger partial charge >= 0.3 is 5.97 Å². The van der Waals surface area contributed by atoms with Crippen LogP contribution in [0.1, 0.15) is 46.0 Å². The molecule has 2 aliphatic rings. The SMILES string of the molecule is COC1OC(=O)C(=C2CCCCC2)C1(C)C. The van der Waals surface area contributed by atoms with Gasteiger partial charge in [0.05, 0.1) is 5.41 Å². The minimum absolute atomic E-state index is 0.172. The van der Waals surface area contributed by atoms with E-state index in [9.17, 15) is 4.79 Å². The van der Waals surface area contributed by atoms with Gasteiger partial charge in [0.1, 0.15) is 0 Å². The molecule has 0 aromatic carbocycles. The Kier molecular flexibility index (Phi) is 3.06. The van der Waals surface area contributed by atoms with Crippen molar-refractivity contribution in [1.29, 1.82) is 0 Å². The second kappa shape index (κ2) is 4.21. The number of hydrogen-bond acceptors (Lipinski definition) is 3. The van der Waals surface area contributed by atoms with E-state index in [1.807, 2.05) is 13.8 Å². The first-order chi connectivity index (χ1) is 7.57. The zero-order valence-electron chi connectivity index (χ0n) is 10.3. The zero-order chi connectivity index (χ0) is 11.8. The van der Waals surface area contributed by atoms with Crippen LogP contribution in [0.25, 0.3) is 0 Å². The van der Waals surface area contributed by atoms with Gasteiger partial charge in [0.25, 0.3) is 0 Å². The molecule has 2 rings (SSSR count). The monoisotopic (exact) mass is 224 g/mol. The number of hydrogen-bond donors (Lipinski definition) is 0. The van der Waals surface area contributed by atoms with Gasteiger partial charge in [0.2, 0.25) is 6.29 Å². The molecule has 0 bridgehead atoms. The first kappa shape index (κ1) is 11.6. The molecule has 0 N–H and O–H groups in total. The number of allylic oxidation sites excluding steroid dienone is 1. The van der Waals surface area contributed by atoms with Crippen LogP contribution in [0.2, 0.25) is 0 Å². The Balaban J connectivity index is 2.35. The van der Waals surface area contributed by atoms with Crippen LogP contribution in [0.5, 0.6) is 0 Å². The fourth-order valence-electron chi connectivity index (χ4n) is 2.86. The Morgan fingerprint density at radius 3 is 2.38 bits per heavy atom. The maximum Gasteiger partial charge on any atom is 0.337 e. The van der Waals surface area contributed by atoms with Gasteiger partial charge in [-0.25, -0.2) is 4.79 Å². The van der Waals surface area contributed by atoms with Crippen molar-refractivity contribution in [1.82, 2.24) is 0 Å². The van der Waals surface area contributed by atoms with E-state index >= 15 is 0 Å². The largest absolute Gasteiger partial charge is 0.431 e. The first-order valence-corrected chi connectivity index (χ1v) is 6.03. The number of cyclic esters (lactones) is 1. The molecule has 90 valence electrons. The summed E-state index contributed by atoms with van der Waals surface area (Å²) < 4.78 is 10.5. The quantitative estimate of drug-likeness (QED) is 0.507. The molecule has 0 aromatic rings. The molecule has 1 heterocycles. The molecule has 0 amide bonds. The molecule has 1 atom stereocenters. The van der Waals surface area contributed by atoms with Gasteiger partial charge in [-0.15, -0.1) is 0 Å². The Morgan fingerprint density at radius 1 is 1.25 bits per heavy atom. The minimum Gasteiger partial charge on any atom is -0.431 e. The molecular formula is C13H20O3. The zero-order valence-corrected chi connectivity index (χ0v) is 10.3. The van der Waals surface area contributed by atoms with Crippen molar-refractivity contribution in [3.05, 3.63) is 11.1 Å². The van der Waals surface area contributed by atoms with E-state index in [0.29, 0.717) is 0 Å². The molecule has 0 aromatic heterocycles. The van der Waals surface area contributed by atoms with Crippen molar-refractivity contribution < 1.29 is 14.3 Å². The van der Waals surface area contributed by atoms with E-state index in [-0.39, 0.29) is 11.4 Å². The van der Waals surface area contributed by atoms with Gasteiger partial charge in [-0.2, -0.15) is 0 Å². The predicted octanol–water partition coefficient (Wildman–Crippen LogP) is 2.80. The molecule has 3 nitrogen and oxygen atoms in total. The van der Waals surface area contributed by atoms with E-state index in [4.69, 9.17) is 9.47 Å². The third-order valence-corrected chi connectivity index (χ3v) is 3.68. The summed E-state index contributed by atoms with van der Waals surface area (Å²) in [6.07, 6.45) is 5.33. The molecule has 0 radical (unpaired) electrons. The van der Waals surface area contributed by atoms with Crippen molar-refractivity contribution in [2.24, 2.45) is 5.41 Å². The average Bonchev–Trinajstić information content (AvgIpc) is 2.49. The number of carbonyl (C=O) groups excluding carboxylic acids is 1. The van der Waals surface area contributed by atoms with Gasteiger partial charge in [-0.05, 0) is 39.5 Å². The maximum atomic E-state index is 11.9. The van der Waals surface area contributed by atoms with Crippen molar-refractivity contribution in [3.8, 4) is 0 Å². The minimum atomic E-state index is -0.426. The van der Waals surface area contributed by atoms with Crippen LogP contribution in [0.3, 0.4) is 0 Å². The standard InChI is InChI=1S/C13H20O3/c1-13(2)10(9-7-5-4-6-8-9)11(14)16-12(13)15-3/h12H,4-8H2,1-3H3. The second-order valence-corrected chi connectivity index (χ2v) is 5.23. The molecule has 0 spiro atoms. The van der Waals surface area contributed by atoms with E-state index in [1.54, 1.807) is 7.11 Å². The third-order valence-electron chi connectivity index (χ3n) is 3.68.